The summed E-state index contributed by atoms with van der Waals surface area (Å²) in [7, 11) is 0. The lowest BCUT2D eigenvalue weighted by Crippen LogP contribution is -2.03. The fourth-order valence-corrected chi connectivity index (χ4v) is 2.19. The van der Waals surface area contributed by atoms with Crippen molar-refractivity contribution in [2.45, 2.75) is 13.8 Å². The van der Waals surface area contributed by atoms with Gasteiger partial charge in [-0.3, -0.25) is 10.1 Å². The number of anilines is 2. The van der Waals surface area contributed by atoms with E-state index in [2.05, 4.69) is 14.7 Å². The third-order valence-corrected chi connectivity index (χ3v) is 3.31. The molecule has 0 radical (unpaired) electrons. The maximum Gasteiger partial charge on any atom is 0.336 e. The molecule has 1 aromatic carbocycles. The molecular formula is C11H10N4O4S. The van der Waals surface area contributed by atoms with E-state index in [1.54, 1.807) is 13.8 Å². The van der Waals surface area contributed by atoms with Crippen LogP contribution in [0.2, 0.25) is 0 Å². The minimum atomic E-state index is -1.23. The number of nitro groups is 1. The van der Waals surface area contributed by atoms with Crippen LogP contribution >= 0.6 is 11.5 Å². The number of hydrogen-bond donors (Lipinski definition) is 2. The number of hydrogen-bond acceptors (Lipinski definition) is 7. The van der Waals surface area contributed by atoms with Gasteiger partial charge < -0.3 is 10.4 Å². The molecule has 9 heteroatoms. The molecule has 20 heavy (non-hydrogen) atoms. The SMILES string of the molecule is Cc1nsc(Nc2cc(C(=O)O)cc([N+](=O)[O-])c2C)n1. The van der Waals surface area contributed by atoms with Gasteiger partial charge in [0.05, 0.1) is 21.7 Å². The largest absolute Gasteiger partial charge is 0.478 e. The van der Waals surface area contributed by atoms with Gasteiger partial charge in [0.1, 0.15) is 5.82 Å². The van der Waals surface area contributed by atoms with Crippen LogP contribution in [0.3, 0.4) is 0 Å². The van der Waals surface area contributed by atoms with Gasteiger partial charge in [0.2, 0.25) is 5.13 Å². The summed E-state index contributed by atoms with van der Waals surface area (Å²) in [5, 5.41) is 23.3. The molecule has 0 unspecified atom stereocenters. The molecule has 0 bridgehead atoms. The molecule has 1 heterocycles. The van der Waals surface area contributed by atoms with E-state index in [-0.39, 0.29) is 11.3 Å². The number of carbonyl (C=O) groups is 1. The normalized spacial score (nSPS) is 10.3. The second-order valence-electron chi connectivity index (χ2n) is 4.00. The molecule has 0 saturated carbocycles. The summed E-state index contributed by atoms with van der Waals surface area (Å²) in [6, 6.07) is 2.37. The van der Waals surface area contributed by atoms with Crippen molar-refractivity contribution in [2.24, 2.45) is 0 Å². The number of aryl methyl sites for hydroxylation is 1. The van der Waals surface area contributed by atoms with E-state index in [9.17, 15) is 14.9 Å². The van der Waals surface area contributed by atoms with Crippen LogP contribution in [0.15, 0.2) is 12.1 Å². The Morgan fingerprint density at radius 1 is 1.45 bits per heavy atom. The lowest BCUT2D eigenvalue weighted by atomic mass is 10.1. The van der Waals surface area contributed by atoms with Crippen LogP contribution in [0.4, 0.5) is 16.5 Å². The summed E-state index contributed by atoms with van der Waals surface area (Å²) < 4.78 is 3.98. The number of aromatic carboxylic acids is 1. The van der Waals surface area contributed by atoms with Crippen molar-refractivity contribution < 1.29 is 14.8 Å². The molecule has 2 rings (SSSR count). The van der Waals surface area contributed by atoms with Gasteiger partial charge in [0, 0.05) is 17.6 Å². The van der Waals surface area contributed by atoms with Crippen LogP contribution in [0.1, 0.15) is 21.7 Å². The highest BCUT2D eigenvalue weighted by molar-refractivity contribution is 7.09. The summed E-state index contributed by atoms with van der Waals surface area (Å²) >= 11 is 1.09. The first-order chi connectivity index (χ1) is 9.38. The topological polar surface area (TPSA) is 118 Å². The molecule has 0 aliphatic heterocycles. The number of nitrogens with one attached hydrogen (secondary N) is 1. The van der Waals surface area contributed by atoms with Gasteiger partial charge in [0.25, 0.3) is 5.69 Å². The molecule has 104 valence electrons. The zero-order chi connectivity index (χ0) is 14.9. The van der Waals surface area contributed by atoms with E-state index in [4.69, 9.17) is 5.11 Å². The number of nitrogens with zero attached hydrogens (tertiary/aromatic N) is 3. The molecule has 0 aliphatic rings. The number of aromatic nitrogens is 2. The summed E-state index contributed by atoms with van der Waals surface area (Å²) in [5.74, 6) is -0.663. The van der Waals surface area contributed by atoms with Crippen LogP contribution in [-0.4, -0.2) is 25.4 Å². The molecule has 8 nitrogen and oxygen atoms in total. The van der Waals surface area contributed by atoms with Crippen molar-refractivity contribution in [2.75, 3.05) is 5.32 Å². The maximum absolute atomic E-state index is 11.0. The third kappa shape index (κ3) is 2.72. The van der Waals surface area contributed by atoms with E-state index in [1.807, 2.05) is 0 Å². The first-order valence-electron chi connectivity index (χ1n) is 5.48. The molecular weight excluding hydrogens is 284 g/mol. The molecule has 0 saturated heterocycles. The fourth-order valence-electron chi connectivity index (χ4n) is 1.60. The van der Waals surface area contributed by atoms with Crippen molar-refractivity contribution in [3.63, 3.8) is 0 Å². The van der Waals surface area contributed by atoms with E-state index < -0.39 is 10.9 Å². The summed E-state index contributed by atoms with van der Waals surface area (Å²) in [6.45, 7) is 3.25. The van der Waals surface area contributed by atoms with Crippen LogP contribution < -0.4 is 5.32 Å². The van der Waals surface area contributed by atoms with Gasteiger partial charge in [-0.25, -0.2) is 9.78 Å². The Morgan fingerprint density at radius 3 is 2.65 bits per heavy atom. The van der Waals surface area contributed by atoms with Crippen LogP contribution in [-0.2, 0) is 0 Å². The average molecular weight is 294 g/mol. The van der Waals surface area contributed by atoms with E-state index in [1.165, 1.54) is 6.07 Å². The zero-order valence-corrected chi connectivity index (χ0v) is 11.4. The van der Waals surface area contributed by atoms with Gasteiger partial charge in [-0.2, -0.15) is 4.37 Å². The van der Waals surface area contributed by atoms with Gasteiger partial charge in [-0.05, 0) is 19.9 Å². The number of carboxylic acid groups (broad SMARTS) is 1. The Bertz CT molecular complexity index is 698. The monoisotopic (exact) mass is 294 g/mol. The number of nitro benzene ring substituents is 1. The minimum Gasteiger partial charge on any atom is -0.478 e. The van der Waals surface area contributed by atoms with Crippen molar-refractivity contribution in [1.82, 2.24) is 9.36 Å². The quantitative estimate of drug-likeness (QED) is 0.656. The molecule has 0 amide bonds. The van der Waals surface area contributed by atoms with Crippen LogP contribution in [0.5, 0.6) is 0 Å². The lowest BCUT2D eigenvalue weighted by Gasteiger charge is -2.08. The second-order valence-corrected chi connectivity index (χ2v) is 4.75. The number of benzene rings is 1. The molecule has 2 aromatic rings. The molecule has 0 atom stereocenters. The smallest absolute Gasteiger partial charge is 0.336 e. The summed E-state index contributed by atoms with van der Waals surface area (Å²) in [6.07, 6.45) is 0. The first kappa shape index (κ1) is 13.9. The number of carboxylic acids is 1. The first-order valence-corrected chi connectivity index (χ1v) is 6.25. The predicted octanol–water partition coefficient (Wildman–Crippen LogP) is 2.50. The van der Waals surface area contributed by atoms with Crippen molar-refractivity contribution >= 4 is 34.0 Å². The Morgan fingerprint density at radius 2 is 2.15 bits per heavy atom. The van der Waals surface area contributed by atoms with Gasteiger partial charge in [-0.1, -0.05) is 0 Å². The molecule has 0 spiro atoms. The summed E-state index contributed by atoms with van der Waals surface area (Å²) in [5.41, 5.74) is 0.250. The summed E-state index contributed by atoms with van der Waals surface area (Å²) in [4.78, 5) is 25.4. The van der Waals surface area contributed by atoms with Gasteiger partial charge >= 0.3 is 5.97 Å². The molecule has 1 aromatic heterocycles. The minimum absolute atomic E-state index is 0.161. The number of rotatable bonds is 4. The van der Waals surface area contributed by atoms with Crippen molar-refractivity contribution in [1.29, 1.82) is 0 Å². The third-order valence-electron chi connectivity index (χ3n) is 2.59. The maximum atomic E-state index is 11.0. The second kappa shape index (κ2) is 5.21. The lowest BCUT2D eigenvalue weighted by molar-refractivity contribution is -0.385. The van der Waals surface area contributed by atoms with Crippen LogP contribution in [0.25, 0.3) is 0 Å². The van der Waals surface area contributed by atoms with Gasteiger partial charge in [-0.15, -0.1) is 0 Å². The standard InChI is InChI=1S/C11H10N4O4S/c1-5-8(13-11-12-6(2)14-20-11)3-7(10(16)17)4-9(5)15(18)19/h3-4H,1-2H3,(H,16,17)(H,12,13,14). The van der Waals surface area contributed by atoms with E-state index in [0.717, 1.165) is 17.6 Å². The molecule has 0 fully saturated rings. The Kier molecular flexibility index (Phi) is 3.61. The average Bonchev–Trinajstić information content (AvgIpc) is 2.76. The Hall–Kier alpha value is -2.55. The highest BCUT2D eigenvalue weighted by atomic mass is 32.1. The van der Waals surface area contributed by atoms with E-state index >= 15 is 0 Å². The molecule has 2 N–H and O–H groups in total. The van der Waals surface area contributed by atoms with Crippen molar-refractivity contribution in [3.05, 3.63) is 39.2 Å². The van der Waals surface area contributed by atoms with E-state index in [0.29, 0.717) is 22.2 Å². The Balaban J connectivity index is 2.50. The highest BCUT2D eigenvalue weighted by Gasteiger charge is 2.19. The predicted molar refractivity (Wildman–Crippen MR) is 72.7 cm³/mol. The Labute approximate surface area is 117 Å². The highest BCUT2D eigenvalue weighted by Crippen LogP contribution is 2.30. The van der Waals surface area contributed by atoms with Gasteiger partial charge in [0.15, 0.2) is 0 Å². The van der Waals surface area contributed by atoms with Crippen molar-refractivity contribution in [3.8, 4) is 0 Å². The fraction of sp³-hybridized carbons (Fsp3) is 0.182. The van der Waals surface area contributed by atoms with Crippen LogP contribution in [0, 0.1) is 24.0 Å². The zero-order valence-electron chi connectivity index (χ0n) is 10.6. The molecule has 0 aliphatic carbocycles.